The molecule has 0 bridgehead atoms. The normalized spacial score (nSPS) is 12.1. The minimum Gasteiger partial charge on any atom is -0.444 e. The van der Waals surface area contributed by atoms with E-state index in [0.29, 0.717) is 12.1 Å². The molecule has 0 aliphatic carbocycles. The molecule has 1 aromatic carbocycles. The molecule has 1 aromatic rings. The zero-order valence-electron chi connectivity index (χ0n) is 20.3. The van der Waals surface area contributed by atoms with Gasteiger partial charge in [-0.05, 0) is 46.6 Å². The smallest absolute Gasteiger partial charge is 0.408 e. The number of amides is 3. The standard InChI is InChI=1S/C24H39N3O5/c1-7-8-9-10-25-22(30)21(19-14-17(2)13-18(3)15-19)27(11-12-28)20(29)16-26-23(31)32-24(4,5)6/h13-15,21,28H,7-12,16H2,1-6H3,(H,25,30)(H,26,31). The number of nitrogens with zero attached hydrogens (tertiary/aromatic N) is 1. The molecule has 8 nitrogen and oxygen atoms in total. The van der Waals surface area contributed by atoms with Crippen LogP contribution >= 0.6 is 0 Å². The van der Waals surface area contributed by atoms with Crippen LogP contribution in [0.4, 0.5) is 4.79 Å². The lowest BCUT2D eigenvalue weighted by molar-refractivity contribution is -0.140. The summed E-state index contributed by atoms with van der Waals surface area (Å²) in [5, 5.41) is 15.0. The van der Waals surface area contributed by atoms with Crippen LogP contribution in [-0.2, 0) is 14.3 Å². The van der Waals surface area contributed by atoms with Gasteiger partial charge < -0.3 is 25.4 Å². The van der Waals surface area contributed by atoms with Gasteiger partial charge >= 0.3 is 6.09 Å². The summed E-state index contributed by atoms with van der Waals surface area (Å²) in [6.07, 6.45) is 2.15. The minimum absolute atomic E-state index is 0.0468. The Morgan fingerprint density at radius 2 is 1.69 bits per heavy atom. The van der Waals surface area contributed by atoms with Crippen LogP contribution in [0.2, 0.25) is 0 Å². The summed E-state index contributed by atoms with van der Waals surface area (Å²) < 4.78 is 5.18. The highest BCUT2D eigenvalue weighted by molar-refractivity contribution is 5.90. The largest absolute Gasteiger partial charge is 0.444 e. The highest BCUT2D eigenvalue weighted by Crippen LogP contribution is 2.24. The molecule has 0 heterocycles. The molecular formula is C24H39N3O5. The van der Waals surface area contributed by atoms with Crippen molar-refractivity contribution >= 4 is 17.9 Å². The van der Waals surface area contributed by atoms with E-state index in [1.165, 1.54) is 4.90 Å². The summed E-state index contributed by atoms with van der Waals surface area (Å²) in [5.41, 5.74) is 1.89. The first-order chi connectivity index (χ1) is 15.0. The highest BCUT2D eigenvalue weighted by Gasteiger charge is 2.31. The van der Waals surface area contributed by atoms with Crippen molar-refractivity contribution < 1.29 is 24.2 Å². The summed E-state index contributed by atoms with van der Waals surface area (Å²) in [4.78, 5) is 39.5. The molecule has 0 spiro atoms. The van der Waals surface area contributed by atoms with E-state index in [1.54, 1.807) is 20.8 Å². The van der Waals surface area contributed by atoms with Crippen molar-refractivity contribution in [2.75, 3.05) is 26.2 Å². The molecule has 0 radical (unpaired) electrons. The van der Waals surface area contributed by atoms with E-state index in [2.05, 4.69) is 17.6 Å². The summed E-state index contributed by atoms with van der Waals surface area (Å²) in [5.74, 6) is -0.803. The second-order valence-corrected chi connectivity index (χ2v) is 8.99. The van der Waals surface area contributed by atoms with Crippen molar-refractivity contribution in [1.82, 2.24) is 15.5 Å². The number of hydrogen-bond acceptors (Lipinski definition) is 5. The number of aliphatic hydroxyl groups is 1. The van der Waals surface area contributed by atoms with E-state index < -0.39 is 23.6 Å². The van der Waals surface area contributed by atoms with Gasteiger partial charge in [-0.1, -0.05) is 49.1 Å². The molecule has 1 unspecified atom stereocenters. The maximum Gasteiger partial charge on any atom is 0.408 e. The summed E-state index contributed by atoms with van der Waals surface area (Å²) in [6.45, 7) is 10.9. The second-order valence-electron chi connectivity index (χ2n) is 8.99. The van der Waals surface area contributed by atoms with Gasteiger partial charge in [0, 0.05) is 13.1 Å². The van der Waals surface area contributed by atoms with Gasteiger partial charge in [-0.2, -0.15) is 0 Å². The molecule has 3 N–H and O–H groups in total. The molecule has 0 aromatic heterocycles. The van der Waals surface area contributed by atoms with Crippen LogP contribution in [0.1, 0.15) is 69.7 Å². The van der Waals surface area contributed by atoms with Gasteiger partial charge in [0.05, 0.1) is 6.61 Å². The third-order valence-corrected chi connectivity index (χ3v) is 4.64. The predicted molar refractivity (Wildman–Crippen MR) is 124 cm³/mol. The number of carbonyl (C=O) groups is 3. The van der Waals surface area contributed by atoms with Crippen LogP contribution in [0.15, 0.2) is 18.2 Å². The van der Waals surface area contributed by atoms with Gasteiger partial charge in [-0.3, -0.25) is 9.59 Å². The zero-order chi connectivity index (χ0) is 24.3. The maximum absolute atomic E-state index is 13.2. The van der Waals surface area contributed by atoms with Crippen molar-refractivity contribution in [1.29, 1.82) is 0 Å². The molecule has 1 rings (SSSR count). The first kappa shape index (κ1) is 27.4. The van der Waals surface area contributed by atoms with Gasteiger partial charge in [0.2, 0.25) is 11.8 Å². The number of aliphatic hydroxyl groups excluding tert-OH is 1. The molecule has 0 aliphatic rings. The lowest BCUT2D eigenvalue weighted by Gasteiger charge is -2.31. The van der Waals surface area contributed by atoms with Crippen LogP contribution in [0.25, 0.3) is 0 Å². The van der Waals surface area contributed by atoms with Crippen LogP contribution < -0.4 is 10.6 Å². The van der Waals surface area contributed by atoms with E-state index >= 15 is 0 Å². The summed E-state index contributed by atoms with van der Waals surface area (Å²) in [6, 6.07) is 4.79. The minimum atomic E-state index is -0.921. The van der Waals surface area contributed by atoms with Crippen LogP contribution in [0.5, 0.6) is 0 Å². The van der Waals surface area contributed by atoms with Gasteiger partial charge in [-0.15, -0.1) is 0 Å². The SMILES string of the molecule is CCCCCNC(=O)C(c1cc(C)cc(C)c1)N(CCO)C(=O)CNC(=O)OC(C)(C)C. The number of alkyl carbamates (subject to hydrolysis) is 1. The van der Waals surface area contributed by atoms with E-state index in [9.17, 15) is 19.5 Å². The quantitative estimate of drug-likeness (QED) is 0.450. The van der Waals surface area contributed by atoms with E-state index in [-0.39, 0.29) is 25.6 Å². The molecule has 3 amide bonds. The van der Waals surface area contributed by atoms with E-state index in [1.807, 2.05) is 32.0 Å². The number of hydrogen-bond donors (Lipinski definition) is 3. The van der Waals surface area contributed by atoms with Crippen molar-refractivity contribution in [3.63, 3.8) is 0 Å². The Balaban J connectivity index is 3.12. The third-order valence-electron chi connectivity index (χ3n) is 4.64. The average molecular weight is 450 g/mol. The van der Waals surface area contributed by atoms with Crippen LogP contribution in [-0.4, -0.2) is 59.8 Å². The van der Waals surface area contributed by atoms with E-state index in [4.69, 9.17) is 4.74 Å². The topological polar surface area (TPSA) is 108 Å². The molecule has 8 heteroatoms. The Morgan fingerprint density at radius 1 is 1.06 bits per heavy atom. The molecule has 0 saturated carbocycles. The number of carbonyl (C=O) groups excluding carboxylic acids is 3. The fourth-order valence-electron chi connectivity index (χ4n) is 3.39. The van der Waals surface area contributed by atoms with E-state index in [0.717, 1.165) is 30.4 Å². The summed E-state index contributed by atoms with van der Waals surface area (Å²) >= 11 is 0. The van der Waals surface area contributed by atoms with Gasteiger partial charge in [0.25, 0.3) is 0 Å². The number of rotatable bonds is 11. The van der Waals surface area contributed by atoms with Gasteiger partial charge in [0.1, 0.15) is 18.2 Å². The first-order valence-corrected chi connectivity index (χ1v) is 11.2. The fourth-order valence-corrected chi connectivity index (χ4v) is 3.39. The molecule has 0 saturated heterocycles. The average Bonchev–Trinajstić information content (AvgIpc) is 2.67. The molecule has 1 atom stereocenters. The van der Waals surface area contributed by atoms with Crippen molar-refractivity contribution in [2.24, 2.45) is 0 Å². The second kappa shape index (κ2) is 13.1. The monoisotopic (exact) mass is 449 g/mol. The number of aryl methyl sites for hydroxylation is 2. The van der Waals surface area contributed by atoms with Crippen molar-refractivity contribution in [2.45, 2.75) is 72.4 Å². The molecule has 32 heavy (non-hydrogen) atoms. The Hall–Kier alpha value is -2.61. The number of unbranched alkanes of at least 4 members (excludes halogenated alkanes) is 2. The van der Waals surface area contributed by atoms with Crippen LogP contribution in [0.3, 0.4) is 0 Å². The number of nitrogens with one attached hydrogen (secondary N) is 2. The zero-order valence-corrected chi connectivity index (χ0v) is 20.3. The lowest BCUT2D eigenvalue weighted by atomic mass is 9.99. The third kappa shape index (κ3) is 9.68. The Labute approximate surface area is 191 Å². The number of benzene rings is 1. The fraction of sp³-hybridized carbons (Fsp3) is 0.625. The predicted octanol–water partition coefficient (Wildman–Crippen LogP) is 3.00. The van der Waals surface area contributed by atoms with Crippen molar-refractivity contribution in [3.05, 3.63) is 34.9 Å². The van der Waals surface area contributed by atoms with Crippen LogP contribution in [0, 0.1) is 13.8 Å². The Bertz CT molecular complexity index is 753. The molecule has 180 valence electrons. The van der Waals surface area contributed by atoms with Gasteiger partial charge in [-0.25, -0.2) is 4.79 Å². The number of ether oxygens (including phenoxy) is 1. The lowest BCUT2D eigenvalue weighted by Crippen LogP contribution is -2.49. The highest BCUT2D eigenvalue weighted by atomic mass is 16.6. The van der Waals surface area contributed by atoms with Gasteiger partial charge in [0.15, 0.2) is 0 Å². The maximum atomic E-state index is 13.2. The Morgan fingerprint density at radius 3 is 2.22 bits per heavy atom. The molecule has 0 fully saturated rings. The van der Waals surface area contributed by atoms with Crippen molar-refractivity contribution in [3.8, 4) is 0 Å². The molecular weight excluding hydrogens is 410 g/mol. The molecule has 0 aliphatic heterocycles. The summed E-state index contributed by atoms with van der Waals surface area (Å²) in [7, 11) is 0. The first-order valence-electron chi connectivity index (χ1n) is 11.2. The Kier molecular flexibility index (Phi) is 11.2.